The van der Waals surface area contributed by atoms with E-state index in [-0.39, 0.29) is 24.1 Å². The van der Waals surface area contributed by atoms with Gasteiger partial charge in [-0.1, -0.05) is 24.4 Å². The topological polar surface area (TPSA) is 57.9 Å². The van der Waals surface area contributed by atoms with E-state index in [0.717, 1.165) is 37.1 Å². The monoisotopic (exact) mass is 392 g/mol. The minimum Gasteiger partial charge on any atom is -0.336 e. The first kappa shape index (κ1) is 16.6. The molecule has 2 aliphatic carbocycles. The average Bonchev–Trinajstić information content (AvgIpc) is 3.37. The van der Waals surface area contributed by atoms with Gasteiger partial charge in [0.05, 0.1) is 0 Å². The summed E-state index contributed by atoms with van der Waals surface area (Å²) in [6, 6.07) is 0.365. The molecule has 0 spiro atoms. The molecule has 2 aromatic heterocycles. The number of thiazole rings is 1. The normalized spacial score (nSPS) is 21.2. The molecule has 0 N–H and O–H groups in total. The number of aryl methyl sites for hydroxylation is 2. The molecule has 0 unspecified atom stereocenters. The summed E-state index contributed by atoms with van der Waals surface area (Å²) in [6.07, 6.45) is 7.76. The fourth-order valence-electron chi connectivity index (χ4n) is 4.59. The molecule has 1 saturated carbocycles. The highest BCUT2D eigenvalue weighted by molar-refractivity contribution is 7.17. The fraction of sp³-hybridized carbons (Fsp3) is 0.611. The van der Waals surface area contributed by atoms with Crippen molar-refractivity contribution in [2.75, 3.05) is 19.6 Å². The molecule has 0 aromatic carbocycles. The minimum absolute atomic E-state index is 0.0505. The van der Waals surface area contributed by atoms with Crippen LogP contribution in [0.3, 0.4) is 0 Å². The highest BCUT2D eigenvalue weighted by atomic mass is 35.5. The number of hydrogen-bond donors (Lipinski definition) is 0. The maximum Gasteiger partial charge on any atom is 0.276 e. The zero-order valence-corrected chi connectivity index (χ0v) is 16.1. The first-order valence-corrected chi connectivity index (χ1v) is 10.6. The number of imidazole rings is 1. The second-order valence-corrected chi connectivity index (χ2v) is 8.87. The number of fused-ring (bicyclic) bond motifs is 3. The van der Waals surface area contributed by atoms with Gasteiger partial charge in [-0.2, -0.15) is 0 Å². The molecule has 5 rings (SSSR count). The molecule has 2 aromatic rings. The highest BCUT2D eigenvalue weighted by Gasteiger charge is 2.35. The molecular formula is C18H21ClN4O2S. The summed E-state index contributed by atoms with van der Waals surface area (Å²) in [4.78, 5) is 35.7. The molecule has 138 valence electrons. The number of amides is 2. The van der Waals surface area contributed by atoms with E-state index in [0.29, 0.717) is 24.3 Å². The first-order chi connectivity index (χ1) is 12.6. The number of nitrogens with zero attached hydrogens (tertiary/aromatic N) is 4. The van der Waals surface area contributed by atoms with Gasteiger partial charge in [0.15, 0.2) is 10.7 Å². The van der Waals surface area contributed by atoms with Gasteiger partial charge in [-0.3, -0.25) is 14.0 Å². The van der Waals surface area contributed by atoms with E-state index in [1.54, 1.807) is 16.2 Å². The molecule has 0 radical (unpaired) electrons. The predicted molar refractivity (Wildman–Crippen MR) is 100.0 cm³/mol. The van der Waals surface area contributed by atoms with Gasteiger partial charge >= 0.3 is 0 Å². The summed E-state index contributed by atoms with van der Waals surface area (Å²) < 4.78 is 1.93. The van der Waals surface area contributed by atoms with E-state index in [1.807, 2.05) is 9.30 Å². The highest BCUT2D eigenvalue weighted by Crippen LogP contribution is 2.35. The van der Waals surface area contributed by atoms with Crippen molar-refractivity contribution >= 4 is 39.7 Å². The number of piperazine rings is 1. The van der Waals surface area contributed by atoms with Gasteiger partial charge < -0.3 is 9.80 Å². The Morgan fingerprint density at radius 2 is 1.96 bits per heavy atom. The second-order valence-electron chi connectivity index (χ2n) is 7.45. The molecule has 6 nitrogen and oxygen atoms in total. The van der Waals surface area contributed by atoms with Crippen LogP contribution in [0.2, 0.25) is 5.15 Å². The Balaban J connectivity index is 1.37. The van der Waals surface area contributed by atoms with Gasteiger partial charge in [-0.15, -0.1) is 11.3 Å². The lowest BCUT2D eigenvalue weighted by molar-refractivity contribution is -0.137. The van der Waals surface area contributed by atoms with E-state index >= 15 is 0 Å². The van der Waals surface area contributed by atoms with Crippen molar-refractivity contribution in [3.05, 3.63) is 21.4 Å². The van der Waals surface area contributed by atoms with Gasteiger partial charge in [-0.25, -0.2) is 4.98 Å². The van der Waals surface area contributed by atoms with Crippen molar-refractivity contribution in [3.8, 4) is 0 Å². The van der Waals surface area contributed by atoms with Gasteiger partial charge in [0.2, 0.25) is 5.91 Å². The molecule has 3 aliphatic rings. The van der Waals surface area contributed by atoms with E-state index in [9.17, 15) is 9.59 Å². The van der Waals surface area contributed by atoms with E-state index < -0.39 is 0 Å². The Labute approximate surface area is 160 Å². The lowest BCUT2D eigenvalue weighted by Crippen LogP contribution is -2.55. The number of carbonyl (C=O) groups is 2. The minimum atomic E-state index is -0.225. The zero-order chi connectivity index (χ0) is 17.8. The van der Waals surface area contributed by atoms with Crippen LogP contribution >= 0.6 is 22.9 Å². The Bertz CT molecular complexity index is 899. The molecule has 0 atom stereocenters. The molecule has 0 bridgehead atoms. The summed E-state index contributed by atoms with van der Waals surface area (Å²) in [5, 5.41) is 0.398. The average molecular weight is 393 g/mol. The van der Waals surface area contributed by atoms with E-state index in [4.69, 9.17) is 11.6 Å². The Morgan fingerprint density at radius 1 is 1.15 bits per heavy atom. The quantitative estimate of drug-likeness (QED) is 0.789. The SMILES string of the molecule is O=C(c1nc2sc3c(n2c1Cl)CCC3)N1CCN(C2CCCC2)C(=O)C1. The molecular weight excluding hydrogens is 372 g/mol. The lowest BCUT2D eigenvalue weighted by atomic mass is 10.1. The van der Waals surface area contributed by atoms with Crippen molar-refractivity contribution in [2.24, 2.45) is 0 Å². The third-order valence-corrected chi connectivity index (χ3v) is 7.42. The van der Waals surface area contributed by atoms with E-state index in [2.05, 4.69) is 4.98 Å². The van der Waals surface area contributed by atoms with Crippen LogP contribution in [0.15, 0.2) is 0 Å². The van der Waals surface area contributed by atoms with Crippen LogP contribution < -0.4 is 0 Å². The molecule has 8 heteroatoms. The maximum atomic E-state index is 13.0. The van der Waals surface area contributed by atoms with Crippen molar-refractivity contribution in [2.45, 2.75) is 51.0 Å². The number of hydrogen-bond acceptors (Lipinski definition) is 4. The van der Waals surface area contributed by atoms with Crippen LogP contribution in [0.5, 0.6) is 0 Å². The third kappa shape index (κ3) is 2.47. The summed E-state index contributed by atoms with van der Waals surface area (Å²) in [5.41, 5.74) is 1.48. The first-order valence-electron chi connectivity index (χ1n) is 9.40. The van der Waals surface area contributed by atoms with Crippen LogP contribution in [0.25, 0.3) is 4.96 Å². The largest absolute Gasteiger partial charge is 0.336 e. The molecule has 2 amide bonds. The zero-order valence-electron chi connectivity index (χ0n) is 14.5. The molecule has 1 aliphatic heterocycles. The Morgan fingerprint density at radius 3 is 2.73 bits per heavy atom. The smallest absolute Gasteiger partial charge is 0.276 e. The van der Waals surface area contributed by atoms with Crippen LogP contribution in [-0.4, -0.2) is 56.7 Å². The summed E-state index contributed by atoms with van der Waals surface area (Å²) >= 11 is 8.15. The van der Waals surface area contributed by atoms with Crippen LogP contribution in [-0.2, 0) is 17.6 Å². The van der Waals surface area contributed by atoms with Crippen molar-refractivity contribution in [1.29, 1.82) is 0 Å². The molecule has 2 fully saturated rings. The lowest BCUT2D eigenvalue weighted by Gasteiger charge is -2.37. The second kappa shape index (κ2) is 6.23. The number of aromatic nitrogens is 2. The van der Waals surface area contributed by atoms with Gasteiger partial charge in [0.25, 0.3) is 5.91 Å². The fourth-order valence-corrected chi connectivity index (χ4v) is 6.15. The summed E-state index contributed by atoms with van der Waals surface area (Å²) in [7, 11) is 0. The number of halogens is 1. The number of carbonyl (C=O) groups excluding carboxylic acids is 2. The van der Waals surface area contributed by atoms with Gasteiger partial charge in [0.1, 0.15) is 11.7 Å². The summed E-state index contributed by atoms with van der Waals surface area (Å²) in [5.74, 6) is -0.174. The summed E-state index contributed by atoms with van der Waals surface area (Å²) in [6.45, 7) is 1.31. The Kier molecular flexibility index (Phi) is 3.97. The van der Waals surface area contributed by atoms with Crippen LogP contribution in [0, 0.1) is 0 Å². The van der Waals surface area contributed by atoms with Gasteiger partial charge in [0, 0.05) is 29.7 Å². The van der Waals surface area contributed by atoms with E-state index in [1.165, 1.54) is 23.4 Å². The number of rotatable bonds is 2. The Hall–Kier alpha value is -1.60. The third-order valence-electron chi connectivity index (χ3n) is 5.93. The predicted octanol–water partition coefficient (Wildman–Crippen LogP) is 2.76. The van der Waals surface area contributed by atoms with Crippen molar-refractivity contribution in [3.63, 3.8) is 0 Å². The maximum absolute atomic E-state index is 13.0. The van der Waals surface area contributed by atoms with Gasteiger partial charge in [-0.05, 0) is 32.1 Å². The van der Waals surface area contributed by atoms with Crippen LogP contribution in [0.4, 0.5) is 0 Å². The van der Waals surface area contributed by atoms with Crippen molar-refractivity contribution in [1.82, 2.24) is 19.2 Å². The standard InChI is InChI=1S/C18H21ClN4O2S/c19-16-15(20-18-23(16)12-6-3-7-13(12)26-18)17(25)21-8-9-22(14(24)10-21)11-4-1-2-5-11/h11H,1-10H2. The molecule has 1 saturated heterocycles. The van der Waals surface area contributed by atoms with Crippen molar-refractivity contribution < 1.29 is 9.59 Å². The molecule has 26 heavy (non-hydrogen) atoms. The van der Waals surface area contributed by atoms with Crippen LogP contribution in [0.1, 0.15) is 53.2 Å². The molecule has 3 heterocycles.